The van der Waals surface area contributed by atoms with Crippen molar-refractivity contribution in [1.29, 1.82) is 0 Å². The maximum atomic E-state index is 10.8. The molecule has 0 saturated heterocycles. The molecule has 0 spiro atoms. The summed E-state index contributed by atoms with van der Waals surface area (Å²) in [6.07, 6.45) is 1.52. The Hall–Kier alpha value is -0.620. The van der Waals surface area contributed by atoms with Gasteiger partial charge in [-0.15, -0.1) is 5.10 Å². The third kappa shape index (κ3) is 1.95. The van der Waals surface area contributed by atoms with Crippen LogP contribution >= 0.6 is 10.7 Å². The number of nitrogens with zero attached hydrogens (tertiary/aromatic N) is 3. The second-order valence-electron chi connectivity index (χ2n) is 2.43. The van der Waals surface area contributed by atoms with Gasteiger partial charge in [-0.05, 0) is 6.92 Å². The van der Waals surface area contributed by atoms with Crippen molar-refractivity contribution < 1.29 is 8.42 Å². The van der Waals surface area contributed by atoms with Gasteiger partial charge in [0.15, 0.2) is 0 Å². The van der Waals surface area contributed by atoms with Crippen LogP contribution in [0.1, 0.15) is 17.9 Å². The quantitative estimate of drug-likeness (QED) is 0.664. The number of rotatable bonds is 2. The summed E-state index contributed by atoms with van der Waals surface area (Å²) in [6.45, 7) is 1.46. The first-order chi connectivity index (χ1) is 5.41. The van der Waals surface area contributed by atoms with E-state index in [1.54, 1.807) is 7.05 Å². The molecule has 0 fully saturated rings. The predicted molar refractivity (Wildman–Crippen MR) is 44.2 cm³/mol. The van der Waals surface area contributed by atoms with Crippen LogP contribution in [0.25, 0.3) is 0 Å². The molecule has 0 radical (unpaired) electrons. The highest BCUT2D eigenvalue weighted by molar-refractivity contribution is 8.13. The first-order valence-electron chi connectivity index (χ1n) is 3.21. The van der Waals surface area contributed by atoms with Crippen LogP contribution in [0.4, 0.5) is 0 Å². The van der Waals surface area contributed by atoms with Crippen LogP contribution in [0.2, 0.25) is 0 Å². The lowest BCUT2D eigenvalue weighted by Crippen LogP contribution is -2.03. The molecule has 1 unspecified atom stereocenters. The molecule has 0 bridgehead atoms. The Balaban J connectivity index is 3.01. The number of halogens is 1. The minimum Gasteiger partial charge on any atom is -0.255 e. The van der Waals surface area contributed by atoms with E-state index >= 15 is 0 Å². The number of hydrogen-bond donors (Lipinski definition) is 0. The van der Waals surface area contributed by atoms with Crippen LogP contribution in [0.3, 0.4) is 0 Å². The summed E-state index contributed by atoms with van der Waals surface area (Å²) in [5.41, 5.74) is 0.354. The molecular formula is C5H8ClN3O2S. The van der Waals surface area contributed by atoms with Crippen LogP contribution in [-0.4, -0.2) is 23.4 Å². The summed E-state index contributed by atoms with van der Waals surface area (Å²) in [6, 6.07) is 0. The summed E-state index contributed by atoms with van der Waals surface area (Å²) in [4.78, 5) is 0. The molecule has 1 heterocycles. The van der Waals surface area contributed by atoms with E-state index in [1.807, 2.05) is 0 Å². The molecule has 1 aromatic rings. The van der Waals surface area contributed by atoms with E-state index in [-0.39, 0.29) is 0 Å². The molecular weight excluding hydrogens is 202 g/mol. The number of aromatic nitrogens is 3. The summed E-state index contributed by atoms with van der Waals surface area (Å²) >= 11 is 0. The molecule has 0 amide bonds. The molecule has 0 aliphatic carbocycles. The van der Waals surface area contributed by atoms with Gasteiger partial charge in [0.2, 0.25) is 9.05 Å². The summed E-state index contributed by atoms with van der Waals surface area (Å²) < 4.78 is 23.1. The Morgan fingerprint density at radius 2 is 2.25 bits per heavy atom. The van der Waals surface area contributed by atoms with Gasteiger partial charge in [0, 0.05) is 23.9 Å². The van der Waals surface area contributed by atoms with Crippen molar-refractivity contribution in [1.82, 2.24) is 15.0 Å². The van der Waals surface area contributed by atoms with Crippen LogP contribution in [0.5, 0.6) is 0 Å². The minimum absolute atomic E-state index is 0.354. The fourth-order valence-electron chi connectivity index (χ4n) is 0.696. The monoisotopic (exact) mass is 209 g/mol. The summed E-state index contributed by atoms with van der Waals surface area (Å²) in [5, 5.41) is 6.41. The molecule has 0 saturated carbocycles. The highest BCUT2D eigenvalue weighted by Gasteiger charge is 2.22. The zero-order valence-corrected chi connectivity index (χ0v) is 8.17. The normalized spacial score (nSPS) is 14.6. The Morgan fingerprint density at radius 3 is 2.58 bits per heavy atom. The molecule has 0 aromatic carbocycles. The molecule has 68 valence electrons. The van der Waals surface area contributed by atoms with Crippen molar-refractivity contribution in [2.75, 3.05) is 0 Å². The molecule has 1 atom stereocenters. The Morgan fingerprint density at radius 1 is 1.67 bits per heavy atom. The third-order valence-electron chi connectivity index (χ3n) is 1.46. The van der Waals surface area contributed by atoms with Gasteiger partial charge < -0.3 is 0 Å². The molecule has 12 heavy (non-hydrogen) atoms. The Kier molecular flexibility index (Phi) is 2.39. The minimum atomic E-state index is -3.59. The SMILES string of the molecule is CC(c1cn(C)nn1)S(=O)(=O)Cl. The first kappa shape index (κ1) is 9.47. The van der Waals surface area contributed by atoms with Crippen molar-refractivity contribution in [3.63, 3.8) is 0 Å². The van der Waals surface area contributed by atoms with E-state index < -0.39 is 14.3 Å². The molecule has 0 aliphatic heterocycles. The van der Waals surface area contributed by atoms with E-state index in [1.165, 1.54) is 17.8 Å². The zero-order valence-electron chi connectivity index (χ0n) is 6.60. The highest BCUT2D eigenvalue weighted by Crippen LogP contribution is 2.22. The van der Waals surface area contributed by atoms with E-state index in [2.05, 4.69) is 10.3 Å². The average Bonchev–Trinajstić information content (AvgIpc) is 2.32. The molecule has 7 heteroatoms. The van der Waals surface area contributed by atoms with Crippen LogP contribution < -0.4 is 0 Å². The van der Waals surface area contributed by atoms with E-state index in [0.29, 0.717) is 5.69 Å². The molecule has 0 aliphatic rings. The highest BCUT2D eigenvalue weighted by atomic mass is 35.7. The number of aryl methyl sites for hydroxylation is 1. The molecule has 5 nitrogen and oxygen atoms in total. The smallest absolute Gasteiger partial charge is 0.241 e. The summed E-state index contributed by atoms with van der Waals surface area (Å²) in [7, 11) is 3.19. The van der Waals surface area contributed by atoms with Crippen molar-refractivity contribution in [3.05, 3.63) is 11.9 Å². The topological polar surface area (TPSA) is 64.8 Å². The lowest BCUT2D eigenvalue weighted by Gasteiger charge is -2.00. The largest absolute Gasteiger partial charge is 0.255 e. The maximum Gasteiger partial charge on any atom is 0.241 e. The lowest BCUT2D eigenvalue weighted by molar-refractivity contribution is 0.599. The van der Waals surface area contributed by atoms with Crippen LogP contribution in [-0.2, 0) is 16.1 Å². The standard InChI is InChI=1S/C5H8ClN3O2S/c1-4(12(6,10)11)5-3-9(2)8-7-5/h3-4H,1-2H3. The van der Waals surface area contributed by atoms with E-state index in [9.17, 15) is 8.42 Å². The number of hydrogen-bond acceptors (Lipinski definition) is 4. The van der Waals surface area contributed by atoms with Crippen LogP contribution in [0, 0.1) is 0 Å². The predicted octanol–water partition coefficient (Wildman–Crippen LogP) is 0.445. The van der Waals surface area contributed by atoms with Crippen molar-refractivity contribution >= 4 is 19.7 Å². The van der Waals surface area contributed by atoms with E-state index in [0.717, 1.165) is 0 Å². The van der Waals surface area contributed by atoms with E-state index in [4.69, 9.17) is 10.7 Å². The van der Waals surface area contributed by atoms with Gasteiger partial charge >= 0.3 is 0 Å². The second kappa shape index (κ2) is 3.02. The zero-order chi connectivity index (χ0) is 9.35. The average molecular weight is 210 g/mol. The van der Waals surface area contributed by atoms with Gasteiger partial charge in [-0.25, -0.2) is 8.42 Å². The van der Waals surface area contributed by atoms with Gasteiger partial charge in [-0.1, -0.05) is 5.21 Å². The van der Waals surface area contributed by atoms with Gasteiger partial charge in [0.1, 0.15) is 10.9 Å². The van der Waals surface area contributed by atoms with Crippen LogP contribution in [0.15, 0.2) is 6.20 Å². The first-order valence-corrected chi connectivity index (χ1v) is 5.58. The fourth-order valence-corrected chi connectivity index (χ4v) is 1.37. The molecule has 1 rings (SSSR count). The summed E-state index contributed by atoms with van der Waals surface area (Å²) in [5.74, 6) is 0. The third-order valence-corrected chi connectivity index (χ3v) is 3.35. The van der Waals surface area contributed by atoms with Gasteiger partial charge in [0.05, 0.1) is 0 Å². The van der Waals surface area contributed by atoms with Gasteiger partial charge in [-0.2, -0.15) is 0 Å². The molecule has 0 N–H and O–H groups in total. The lowest BCUT2D eigenvalue weighted by atomic mass is 10.4. The van der Waals surface area contributed by atoms with Gasteiger partial charge in [-0.3, -0.25) is 4.68 Å². The van der Waals surface area contributed by atoms with Crippen molar-refractivity contribution in [2.45, 2.75) is 12.2 Å². The Bertz CT molecular complexity index is 372. The van der Waals surface area contributed by atoms with Crippen molar-refractivity contribution in [3.8, 4) is 0 Å². The van der Waals surface area contributed by atoms with Gasteiger partial charge in [0.25, 0.3) is 0 Å². The maximum absolute atomic E-state index is 10.8. The van der Waals surface area contributed by atoms with Crippen molar-refractivity contribution in [2.24, 2.45) is 7.05 Å². The Labute approximate surface area is 74.8 Å². The second-order valence-corrected chi connectivity index (χ2v) is 5.38. The fraction of sp³-hybridized carbons (Fsp3) is 0.600. The molecule has 1 aromatic heterocycles.